The summed E-state index contributed by atoms with van der Waals surface area (Å²) in [6.45, 7) is 0. The Kier molecular flexibility index (Phi) is 7.79. The van der Waals surface area contributed by atoms with E-state index in [9.17, 15) is 0 Å². The van der Waals surface area contributed by atoms with E-state index in [2.05, 4.69) is 83.9 Å². The van der Waals surface area contributed by atoms with Crippen LogP contribution in [0.4, 0.5) is 0 Å². The molecule has 1 N–H and O–H groups in total. The van der Waals surface area contributed by atoms with Gasteiger partial charge in [-0.25, -0.2) is 24.3 Å². The van der Waals surface area contributed by atoms with E-state index in [1.165, 1.54) is 25.7 Å². The topological polar surface area (TPSA) is 87.8 Å². The summed E-state index contributed by atoms with van der Waals surface area (Å²) >= 11 is 6.07. The minimum atomic E-state index is 0.318. The lowest BCUT2D eigenvalue weighted by Crippen LogP contribution is -2.18. The number of allylic oxidation sites excluding steroid dienone is 1. The molecule has 1 aliphatic rings. The molecule has 6 nitrogen and oxygen atoms in total. The maximum atomic E-state index is 8.50. The molecule has 10 rings (SSSR count). The predicted molar refractivity (Wildman–Crippen MR) is 227 cm³/mol. The normalized spacial score (nSPS) is 13.3. The van der Waals surface area contributed by atoms with E-state index < -0.39 is 0 Å². The number of thiophene rings is 1. The van der Waals surface area contributed by atoms with Gasteiger partial charge in [-0.15, -0.1) is 11.3 Å². The number of hydrogen-bond acceptors (Lipinski definition) is 8. The maximum absolute atomic E-state index is 8.50. The molecule has 0 atom stereocenters. The molecule has 3 heterocycles. The van der Waals surface area contributed by atoms with Crippen LogP contribution in [-0.4, -0.2) is 31.4 Å². The number of thiol groups is 1. The molecule has 6 aromatic carbocycles. The van der Waals surface area contributed by atoms with Gasteiger partial charge in [0.2, 0.25) is 0 Å². The largest absolute Gasteiger partial charge is 0.299 e. The van der Waals surface area contributed by atoms with Crippen LogP contribution in [0.2, 0.25) is 0 Å². The highest BCUT2D eigenvalue weighted by molar-refractivity contribution is 7.79. The van der Waals surface area contributed by atoms with Gasteiger partial charge in [-0.2, -0.15) is 0 Å². The van der Waals surface area contributed by atoms with Crippen LogP contribution in [0.3, 0.4) is 0 Å². The monoisotopic (exact) mass is 728 g/mol. The number of aromatic nitrogens is 4. The fourth-order valence-corrected chi connectivity index (χ4v) is 8.70. The lowest BCUT2D eigenvalue weighted by atomic mass is 9.88. The molecule has 0 radical (unpaired) electrons. The van der Waals surface area contributed by atoms with Crippen molar-refractivity contribution in [1.29, 1.82) is 5.41 Å². The summed E-state index contributed by atoms with van der Waals surface area (Å²) in [5, 5.41) is 12.0. The van der Waals surface area contributed by atoms with E-state index >= 15 is 0 Å². The molecule has 54 heavy (non-hydrogen) atoms. The maximum Gasteiger partial charge on any atom is 0.164 e. The average Bonchev–Trinajstić information content (AvgIpc) is 3.63. The summed E-state index contributed by atoms with van der Waals surface area (Å²) < 4.78 is 6.78. The Morgan fingerprint density at radius 1 is 0.500 bits per heavy atom. The second kappa shape index (κ2) is 13.1. The number of hydrogen-bond donors (Lipinski definition) is 2. The molecular weight excluding hydrogens is 701 g/mol. The van der Waals surface area contributed by atoms with E-state index in [-0.39, 0.29) is 0 Å². The summed E-state index contributed by atoms with van der Waals surface area (Å²) in [7, 11) is 0. The first-order valence-corrected chi connectivity index (χ1v) is 18.7. The third-order valence-electron chi connectivity index (χ3n) is 9.88. The summed E-state index contributed by atoms with van der Waals surface area (Å²) in [5.74, 6) is 1.79. The van der Waals surface area contributed by atoms with Crippen molar-refractivity contribution in [3.8, 4) is 56.5 Å². The second-order valence-electron chi connectivity index (χ2n) is 13.1. The zero-order valence-electron chi connectivity index (χ0n) is 28.6. The van der Waals surface area contributed by atoms with Crippen LogP contribution in [0, 0.1) is 5.41 Å². The van der Waals surface area contributed by atoms with Gasteiger partial charge in [0, 0.05) is 58.9 Å². The highest BCUT2D eigenvalue weighted by Gasteiger charge is 2.24. The van der Waals surface area contributed by atoms with Crippen molar-refractivity contribution in [3.05, 3.63) is 163 Å². The molecule has 1 aliphatic carbocycles. The number of para-hydroxylation sites is 1. The summed E-state index contributed by atoms with van der Waals surface area (Å²) in [6, 6.07) is 49.8. The zero-order chi connectivity index (χ0) is 36.2. The Morgan fingerprint density at radius 2 is 1.07 bits per heavy atom. The van der Waals surface area contributed by atoms with Gasteiger partial charge in [0.25, 0.3) is 0 Å². The van der Waals surface area contributed by atoms with Crippen molar-refractivity contribution in [3.63, 3.8) is 0 Å². The van der Waals surface area contributed by atoms with Gasteiger partial charge in [-0.3, -0.25) is 5.41 Å². The van der Waals surface area contributed by atoms with E-state index in [0.29, 0.717) is 28.9 Å². The molecule has 0 fully saturated rings. The fraction of sp³-hybridized carbons (Fsp3) is 0. The van der Waals surface area contributed by atoms with Crippen molar-refractivity contribution in [2.24, 2.45) is 4.40 Å². The summed E-state index contributed by atoms with van der Waals surface area (Å²) in [6.07, 6.45) is 3.70. The number of fused-ring (bicyclic) bond motifs is 6. The van der Waals surface area contributed by atoms with E-state index in [1.807, 2.05) is 96.3 Å². The Balaban J connectivity index is 1.05. The van der Waals surface area contributed by atoms with Crippen LogP contribution in [0.5, 0.6) is 0 Å². The Bertz CT molecular complexity index is 3000. The molecule has 0 saturated heterocycles. The SMILES string of the molecule is N=C1C=Cc2c(-c3ccc(-c4nc(-c5ccccc5)nc(-c5ccc(-c6cccc7c6sc6ccccc67)cc5)n4)cc3)nc3ccccc3c2/C1=N/S. The molecule has 254 valence electrons. The van der Waals surface area contributed by atoms with Gasteiger partial charge < -0.3 is 0 Å². The molecule has 0 unspecified atom stereocenters. The third-order valence-corrected chi connectivity index (χ3v) is 11.3. The standard InChI is InChI=1S/C46H28N6S2/c47-37-26-25-36-40(42(37)52-53)35-12-4-6-15-38(35)48-41(36)28-19-23-31(24-20-28)46-50-44(29-9-2-1-3-10-29)49-45(51-46)30-21-17-27(18-22-30)32-13-8-14-34-33-11-5-7-16-39(33)54-43(32)34/h1-26,47,53H/b47-37?,52-42+. The molecule has 9 aromatic rings. The first-order chi connectivity index (χ1) is 26.6. The Hall–Kier alpha value is -6.61. The molecular formula is C46H28N6S2. The van der Waals surface area contributed by atoms with Gasteiger partial charge in [0.05, 0.1) is 16.9 Å². The van der Waals surface area contributed by atoms with E-state index in [1.54, 1.807) is 6.08 Å². The first kappa shape index (κ1) is 32.1. The quantitative estimate of drug-likeness (QED) is 0.173. The number of rotatable bonds is 5. The lowest BCUT2D eigenvalue weighted by Gasteiger charge is -2.19. The van der Waals surface area contributed by atoms with E-state index in [4.69, 9.17) is 25.3 Å². The molecule has 0 saturated carbocycles. The molecule has 8 heteroatoms. The highest BCUT2D eigenvalue weighted by Crippen LogP contribution is 2.40. The van der Waals surface area contributed by atoms with Gasteiger partial charge in [-0.1, -0.05) is 133 Å². The van der Waals surface area contributed by atoms with Crippen molar-refractivity contribution in [2.45, 2.75) is 0 Å². The predicted octanol–water partition coefficient (Wildman–Crippen LogP) is 11.8. The van der Waals surface area contributed by atoms with Crippen LogP contribution >= 0.6 is 24.2 Å². The summed E-state index contributed by atoms with van der Waals surface area (Å²) in [4.78, 5) is 20.0. The minimum absolute atomic E-state index is 0.318. The summed E-state index contributed by atoms with van der Waals surface area (Å²) in [5.41, 5.74) is 10.2. The number of nitrogens with zero attached hydrogens (tertiary/aromatic N) is 5. The van der Waals surface area contributed by atoms with Gasteiger partial charge in [-0.05, 0) is 48.2 Å². The van der Waals surface area contributed by atoms with Crippen LogP contribution in [0.1, 0.15) is 11.1 Å². The Morgan fingerprint density at radius 3 is 1.78 bits per heavy atom. The van der Waals surface area contributed by atoms with Crippen molar-refractivity contribution < 1.29 is 0 Å². The number of pyridine rings is 1. The fourth-order valence-electron chi connectivity index (χ4n) is 7.25. The van der Waals surface area contributed by atoms with Crippen molar-refractivity contribution >= 4 is 72.7 Å². The molecule has 0 amide bonds. The third kappa shape index (κ3) is 5.43. The van der Waals surface area contributed by atoms with E-state index in [0.717, 1.165) is 55.5 Å². The lowest BCUT2D eigenvalue weighted by molar-refractivity contribution is 1.07. The molecule has 0 spiro atoms. The van der Waals surface area contributed by atoms with Crippen LogP contribution in [0.15, 0.2) is 156 Å². The van der Waals surface area contributed by atoms with Crippen molar-refractivity contribution in [1.82, 2.24) is 19.9 Å². The zero-order valence-corrected chi connectivity index (χ0v) is 30.3. The van der Waals surface area contributed by atoms with Crippen LogP contribution in [-0.2, 0) is 0 Å². The smallest absolute Gasteiger partial charge is 0.164 e. The van der Waals surface area contributed by atoms with Gasteiger partial charge >= 0.3 is 0 Å². The van der Waals surface area contributed by atoms with Crippen molar-refractivity contribution in [2.75, 3.05) is 0 Å². The van der Waals surface area contributed by atoms with Crippen LogP contribution < -0.4 is 0 Å². The van der Waals surface area contributed by atoms with Gasteiger partial charge in [0.1, 0.15) is 5.71 Å². The van der Waals surface area contributed by atoms with Crippen LogP contribution in [0.25, 0.3) is 93.7 Å². The molecule has 3 aromatic heterocycles. The highest BCUT2D eigenvalue weighted by atomic mass is 32.1. The second-order valence-corrected chi connectivity index (χ2v) is 14.3. The minimum Gasteiger partial charge on any atom is -0.299 e. The molecule has 0 aliphatic heterocycles. The number of benzene rings is 6. The van der Waals surface area contributed by atoms with Gasteiger partial charge in [0.15, 0.2) is 17.5 Å². The first-order valence-electron chi connectivity index (χ1n) is 17.5. The Labute approximate surface area is 320 Å². The molecule has 0 bridgehead atoms. The number of nitrogens with one attached hydrogen (secondary N) is 1. The average molecular weight is 729 g/mol.